The van der Waals surface area contributed by atoms with Crippen LogP contribution in [0.5, 0.6) is 0 Å². The number of nitrogens with two attached hydrogens (primary N) is 1. The van der Waals surface area contributed by atoms with Crippen molar-refractivity contribution >= 4 is 30.7 Å². The van der Waals surface area contributed by atoms with E-state index >= 15 is 0 Å². The highest BCUT2D eigenvalue weighted by Crippen LogP contribution is 2.24. The van der Waals surface area contributed by atoms with Gasteiger partial charge in [0.1, 0.15) is 6.04 Å². The summed E-state index contributed by atoms with van der Waals surface area (Å²) in [4.78, 5) is 15.0. The van der Waals surface area contributed by atoms with Crippen molar-refractivity contribution in [1.82, 2.24) is 10.2 Å². The molecule has 28 heavy (non-hydrogen) atoms. The zero-order chi connectivity index (χ0) is 18.5. The van der Waals surface area contributed by atoms with Crippen molar-refractivity contribution in [2.24, 2.45) is 5.73 Å². The van der Waals surface area contributed by atoms with Gasteiger partial charge in [0, 0.05) is 25.2 Å². The zero-order valence-corrected chi connectivity index (χ0v) is 18.1. The van der Waals surface area contributed by atoms with E-state index in [9.17, 15) is 4.79 Å². The Labute approximate surface area is 180 Å². The van der Waals surface area contributed by atoms with Crippen molar-refractivity contribution in [2.45, 2.75) is 44.8 Å². The van der Waals surface area contributed by atoms with Gasteiger partial charge in [-0.1, -0.05) is 60.2 Å². The van der Waals surface area contributed by atoms with Crippen LogP contribution in [0.15, 0.2) is 54.6 Å². The number of rotatable bonds is 5. The molecular formula is C22H31Cl2N3O. The lowest BCUT2D eigenvalue weighted by Gasteiger charge is -2.36. The third-order valence-electron chi connectivity index (χ3n) is 5.42. The Hall–Kier alpha value is -1.59. The van der Waals surface area contributed by atoms with E-state index in [1.807, 2.05) is 31.2 Å². The van der Waals surface area contributed by atoms with Gasteiger partial charge in [0.05, 0.1) is 0 Å². The second-order valence-corrected chi connectivity index (χ2v) is 7.29. The van der Waals surface area contributed by atoms with E-state index in [-0.39, 0.29) is 36.8 Å². The van der Waals surface area contributed by atoms with Gasteiger partial charge in [0.25, 0.3) is 0 Å². The normalized spacial score (nSPS) is 17.0. The van der Waals surface area contributed by atoms with Crippen LogP contribution in [0, 0.1) is 6.92 Å². The van der Waals surface area contributed by atoms with E-state index in [4.69, 9.17) is 5.73 Å². The minimum Gasteiger partial charge on any atom is -0.352 e. The van der Waals surface area contributed by atoms with Gasteiger partial charge in [-0.3, -0.25) is 9.69 Å². The number of amides is 1. The molecule has 1 saturated heterocycles. The Kier molecular flexibility index (Phi) is 9.97. The molecule has 2 unspecified atom stereocenters. The molecule has 0 aliphatic carbocycles. The fraction of sp³-hybridized carbons (Fsp3) is 0.409. The molecule has 1 aliphatic rings. The van der Waals surface area contributed by atoms with Crippen LogP contribution >= 0.6 is 24.8 Å². The predicted molar refractivity (Wildman–Crippen MR) is 120 cm³/mol. The Bertz CT molecular complexity index is 716. The number of likely N-dealkylation sites (tertiary alicyclic amines) is 1. The first-order valence-corrected chi connectivity index (χ1v) is 9.46. The minimum absolute atomic E-state index is 0. The lowest BCUT2D eigenvalue weighted by molar-refractivity contribution is -0.123. The van der Waals surface area contributed by atoms with Crippen LogP contribution in [-0.2, 0) is 4.79 Å². The number of hydrogen-bond acceptors (Lipinski definition) is 3. The molecular weight excluding hydrogens is 393 g/mol. The van der Waals surface area contributed by atoms with Crippen LogP contribution in [0.2, 0.25) is 0 Å². The third-order valence-corrected chi connectivity index (χ3v) is 5.42. The number of carbonyl (C=O) groups excluding carboxylic acids is 1. The molecule has 3 rings (SSSR count). The minimum atomic E-state index is -0.600. The van der Waals surface area contributed by atoms with Crippen LogP contribution in [0.25, 0.3) is 0 Å². The highest BCUT2D eigenvalue weighted by Gasteiger charge is 2.26. The van der Waals surface area contributed by atoms with E-state index in [2.05, 4.69) is 47.5 Å². The highest BCUT2D eigenvalue weighted by molar-refractivity contribution is 5.85. The topological polar surface area (TPSA) is 58.4 Å². The molecule has 0 radical (unpaired) electrons. The highest BCUT2D eigenvalue weighted by atomic mass is 35.5. The van der Waals surface area contributed by atoms with Gasteiger partial charge in [-0.25, -0.2) is 0 Å². The average Bonchev–Trinajstić information content (AvgIpc) is 2.68. The quantitative estimate of drug-likeness (QED) is 0.757. The monoisotopic (exact) mass is 423 g/mol. The first kappa shape index (κ1) is 24.4. The fourth-order valence-corrected chi connectivity index (χ4v) is 3.59. The first-order valence-electron chi connectivity index (χ1n) is 9.46. The summed E-state index contributed by atoms with van der Waals surface area (Å²) in [6.45, 7) is 6.25. The number of carbonyl (C=O) groups is 1. The van der Waals surface area contributed by atoms with Crippen LogP contribution in [-0.4, -0.2) is 29.9 Å². The summed E-state index contributed by atoms with van der Waals surface area (Å²) in [7, 11) is 0. The smallest absolute Gasteiger partial charge is 0.241 e. The second kappa shape index (κ2) is 11.4. The predicted octanol–water partition coefficient (Wildman–Crippen LogP) is 4.18. The van der Waals surface area contributed by atoms with Crippen molar-refractivity contribution in [3.63, 3.8) is 0 Å². The third kappa shape index (κ3) is 6.21. The largest absolute Gasteiger partial charge is 0.352 e. The van der Waals surface area contributed by atoms with Crippen molar-refractivity contribution in [2.75, 3.05) is 13.1 Å². The van der Waals surface area contributed by atoms with E-state index in [0.717, 1.165) is 31.5 Å². The van der Waals surface area contributed by atoms with Gasteiger partial charge in [0.15, 0.2) is 0 Å². The van der Waals surface area contributed by atoms with Crippen LogP contribution in [0.3, 0.4) is 0 Å². The van der Waals surface area contributed by atoms with Crippen LogP contribution < -0.4 is 11.1 Å². The lowest BCUT2D eigenvalue weighted by atomic mass is 9.99. The van der Waals surface area contributed by atoms with Crippen molar-refractivity contribution in [1.29, 1.82) is 0 Å². The average molecular weight is 424 g/mol. The van der Waals surface area contributed by atoms with Gasteiger partial charge in [-0.15, -0.1) is 24.8 Å². The summed E-state index contributed by atoms with van der Waals surface area (Å²) < 4.78 is 0. The van der Waals surface area contributed by atoms with E-state index < -0.39 is 6.04 Å². The summed E-state index contributed by atoms with van der Waals surface area (Å²) in [6, 6.07) is 18.5. The number of halogens is 2. The van der Waals surface area contributed by atoms with Crippen LogP contribution in [0.4, 0.5) is 0 Å². The van der Waals surface area contributed by atoms with Gasteiger partial charge >= 0.3 is 0 Å². The molecule has 1 heterocycles. The van der Waals surface area contributed by atoms with E-state index in [1.165, 1.54) is 11.1 Å². The number of nitrogens with zero attached hydrogens (tertiary/aromatic N) is 1. The number of hydrogen-bond donors (Lipinski definition) is 2. The lowest BCUT2D eigenvalue weighted by Crippen LogP contribution is -2.47. The molecule has 1 aliphatic heterocycles. The maximum Gasteiger partial charge on any atom is 0.241 e. The number of aryl methyl sites for hydroxylation is 1. The molecule has 6 heteroatoms. The van der Waals surface area contributed by atoms with Gasteiger partial charge in [-0.2, -0.15) is 0 Å². The molecule has 0 aromatic heterocycles. The SMILES string of the molecule is Cc1ccc(C(N)C(=O)NC2CCN(C(C)c3ccccc3)CC2)cc1.Cl.Cl. The van der Waals surface area contributed by atoms with Gasteiger partial charge in [0.2, 0.25) is 5.91 Å². The molecule has 0 spiro atoms. The Morgan fingerprint density at radius 2 is 1.57 bits per heavy atom. The zero-order valence-electron chi connectivity index (χ0n) is 16.5. The maximum absolute atomic E-state index is 12.5. The molecule has 1 fully saturated rings. The van der Waals surface area contributed by atoms with E-state index in [1.54, 1.807) is 0 Å². The molecule has 0 bridgehead atoms. The van der Waals surface area contributed by atoms with Crippen molar-refractivity contribution in [3.8, 4) is 0 Å². The maximum atomic E-state index is 12.5. The van der Waals surface area contributed by atoms with E-state index in [0.29, 0.717) is 6.04 Å². The van der Waals surface area contributed by atoms with Crippen molar-refractivity contribution < 1.29 is 4.79 Å². The molecule has 1 amide bonds. The number of benzene rings is 2. The van der Waals surface area contributed by atoms with Gasteiger partial charge < -0.3 is 11.1 Å². The molecule has 2 atom stereocenters. The summed E-state index contributed by atoms with van der Waals surface area (Å²) >= 11 is 0. The Morgan fingerprint density at radius 3 is 2.14 bits per heavy atom. The summed E-state index contributed by atoms with van der Waals surface area (Å²) in [6.07, 6.45) is 1.92. The molecule has 2 aromatic carbocycles. The van der Waals surface area contributed by atoms with Crippen molar-refractivity contribution in [3.05, 3.63) is 71.3 Å². The summed E-state index contributed by atoms with van der Waals surface area (Å²) in [5, 5.41) is 3.14. The molecule has 0 saturated carbocycles. The molecule has 3 N–H and O–H groups in total. The second-order valence-electron chi connectivity index (χ2n) is 7.29. The van der Waals surface area contributed by atoms with Crippen LogP contribution in [0.1, 0.15) is 48.5 Å². The number of piperidine rings is 1. The first-order chi connectivity index (χ1) is 12.5. The Morgan fingerprint density at radius 1 is 1.00 bits per heavy atom. The Balaban J connectivity index is 0.00000196. The van der Waals surface area contributed by atoms with Gasteiger partial charge in [-0.05, 0) is 37.8 Å². The standard InChI is InChI=1S/C22H29N3O.2ClH/c1-16-8-10-19(11-9-16)21(23)22(26)24-20-12-14-25(15-13-20)17(2)18-6-4-3-5-7-18;;/h3-11,17,20-21H,12-15,23H2,1-2H3,(H,24,26);2*1H. The summed E-state index contributed by atoms with van der Waals surface area (Å²) in [5.74, 6) is -0.0802. The number of nitrogens with one attached hydrogen (secondary N) is 1. The molecule has 2 aromatic rings. The summed E-state index contributed by atoms with van der Waals surface area (Å²) in [5.41, 5.74) is 9.51. The molecule has 4 nitrogen and oxygen atoms in total. The fourth-order valence-electron chi connectivity index (χ4n) is 3.59. The molecule has 154 valence electrons.